The first-order chi connectivity index (χ1) is 14.8. The third-order valence-electron chi connectivity index (χ3n) is 6.21. The van der Waals surface area contributed by atoms with Crippen molar-refractivity contribution in [3.8, 4) is 5.75 Å². The summed E-state index contributed by atoms with van der Waals surface area (Å²) < 4.78 is 0. The van der Waals surface area contributed by atoms with E-state index in [1.807, 2.05) is 12.1 Å². The zero-order valence-electron chi connectivity index (χ0n) is 20.1. The van der Waals surface area contributed by atoms with Gasteiger partial charge in [-0.15, -0.1) is 0 Å². The Morgan fingerprint density at radius 3 is 1.40 bits per heavy atom. The van der Waals surface area contributed by atoms with Gasteiger partial charge in [-0.1, -0.05) is 122 Å². The molecule has 0 bridgehead atoms. The fourth-order valence-corrected chi connectivity index (χ4v) is 4.18. The van der Waals surface area contributed by atoms with Gasteiger partial charge in [0.1, 0.15) is 5.75 Å². The molecular formula is C28H51NO. The van der Waals surface area contributed by atoms with Gasteiger partial charge in [0.15, 0.2) is 0 Å². The van der Waals surface area contributed by atoms with Gasteiger partial charge < -0.3 is 10.4 Å². The molecule has 0 unspecified atom stereocenters. The van der Waals surface area contributed by atoms with E-state index < -0.39 is 0 Å². The Bertz CT molecular complexity index is 456. The van der Waals surface area contributed by atoms with E-state index in [9.17, 15) is 5.11 Å². The van der Waals surface area contributed by atoms with Crippen LogP contribution in [0.2, 0.25) is 0 Å². The third kappa shape index (κ3) is 17.8. The molecule has 0 aliphatic heterocycles. The highest BCUT2D eigenvalue weighted by Crippen LogP contribution is 2.14. The highest BCUT2D eigenvalue weighted by atomic mass is 16.3. The number of nitrogens with one attached hydrogen (secondary N) is 1. The normalized spacial score (nSPS) is 11.2. The molecule has 0 radical (unpaired) electrons. The van der Waals surface area contributed by atoms with E-state index in [2.05, 4.69) is 12.2 Å². The molecule has 1 aromatic carbocycles. The number of unbranched alkanes of at least 4 members (excludes halogenated alkanes) is 16. The predicted octanol–water partition coefficient (Wildman–Crippen LogP) is 8.57. The molecule has 0 fully saturated rings. The summed E-state index contributed by atoms with van der Waals surface area (Å²) in [4.78, 5) is 0. The minimum Gasteiger partial charge on any atom is -0.508 e. The quantitative estimate of drug-likeness (QED) is 0.185. The predicted molar refractivity (Wildman–Crippen MR) is 133 cm³/mol. The molecule has 0 aliphatic rings. The fraction of sp³-hybridized carbons (Fsp3) is 0.786. The van der Waals surface area contributed by atoms with Crippen molar-refractivity contribution in [2.45, 2.75) is 129 Å². The Balaban J connectivity index is 1.68. The first-order valence-electron chi connectivity index (χ1n) is 13.3. The summed E-state index contributed by atoms with van der Waals surface area (Å²) in [6.45, 7) is 4.55. The van der Waals surface area contributed by atoms with Gasteiger partial charge in [-0.3, -0.25) is 0 Å². The molecule has 0 spiro atoms. The minimum atomic E-state index is 0.357. The Morgan fingerprint density at radius 2 is 0.933 bits per heavy atom. The van der Waals surface area contributed by atoms with E-state index >= 15 is 0 Å². The second kappa shape index (κ2) is 21.2. The van der Waals surface area contributed by atoms with Crippen molar-refractivity contribution in [3.63, 3.8) is 0 Å². The molecule has 2 N–H and O–H groups in total. The van der Waals surface area contributed by atoms with Crippen LogP contribution in [0.4, 0.5) is 0 Å². The van der Waals surface area contributed by atoms with E-state index in [1.165, 1.54) is 121 Å². The molecular weight excluding hydrogens is 366 g/mol. The first kappa shape index (κ1) is 27.0. The van der Waals surface area contributed by atoms with Crippen molar-refractivity contribution in [2.24, 2.45) is 0 Å². The number of hydrogen-bond acceptors (Lipinski definition) is 2. The zero-order chi connectivity index (χ0) is 21.5. The summed E-state index contributed by atoms with van der Waals surface area (Å²) >= 11 is 0. The van der Waals surface area contributed by atoms with Crippen molar-refractivity contribution in [3.05, 3.63) is 29.8 Å². The minimum absolute atomic E-state index is 0.357. The van der Waals surface area contributed by atoms with E-state index in [0.29, 0.717) is 5.75 Å². The van der Waals surface area contributed by atoms with E-state index in [1.54, 1.807) is 12.1 Å². The van der Waals surface area contributed by atoms with Gasteiger partial charge in [0.2, 0.25) is 0 Å². The summed E-state index contributed by atoms with van der Waals surface area (Å²) in [6, 6.07) is 7.59. The smallest absolute Gasteiger partial charge is 0.115 e. The van der Waals surface area contributed by atoms with Crippen LogP contribution >= 0.6 is 0 Å². The largest absolute Gasteiger partial charge is 0.508 e. The number of rotatable bonds is 22. The van der Waals surface area contributed by atoms with E-state index in [-0.39, 0.29) is 0 Å². The van der Waals surface area contributed by atoms with Gasteiger partial charge in [-0.05, 0) is 50.0 Å². The number of hydrogen-bond donors (Lipinski definition) is 2. The number of aromatic hydroxyl groups is 1. The lowest BCUT2D eigenvalue weighted by molar-refractivity contribution is 0.475. The van der Waals surface area contributed by atoms with Crippen LogP contribution in [-0.2, 0) is 6.42 Å². The molecule has 0 aromatic heterocycles. The van der Waals surface area contributed by atoms with Crippen LogP contribution in [0.3, 0.4) is 0 Å². The fourth-order valence-electron chi connectivity index (χ4n) is 4.18. The van der Waals surface area contributed by atoms with Gasteiger partial charge >= 0.3 is 0 Å². The molecule has 0 atom stereocenters. The summed E-state index contributed by atoms with van der Waals surface area (Å²) in [7, 11) is 0. The highest BCUT2D eigenvalue weighted by Gasteiger charge is 1.96. The van der Waals surface area contributed by atoms with Crippen LogP contribution in [0.5, 0.6) is 5.75 Å². The Kier molecular flexibility index (Phi) is 19.1. The monoisotopic (exact) mass is 417 g/mol. The number of phenols is 1. The van der Waals surface area contributed by atoms with Crippen molar-refractivity contribution in [1.29, 1.82) is 0 Å². The highest BCUT2D eigenvalue weighted by molar-refractivity contribution is 5.25. The maximum absolute atomic E-state index is 9.29. The van der Waals surface area contributed by atoms with E-state index in [4.69, 9.17) is 0 Å². The molecule has 0 aliphatic carbocycles. The first-order valence-corrected chi connectivity index (χ1v) is 13.3. The van der Waals surface area contributed by atoms with Crippen molar-refractivity contribution in [2.75, 3.05) is 13.1 Å². The molecule has 0 amide bonds. The summed E-state index contributed by atoms with van der Waals surface area (Å²) in [5, 5.41) is 12.9. The van der Waals surface area contributed by atoms with Crippen LogP contribution in [0.15, 0.2) is 24.3 Å². The molecule has 0 saturated heterocycles. The summed E-state index contributed by atoms with van der Waals surface area (Å²) in [6.07, 6.45) is 26.7. The molecule has 0 heterocycles. The van der Waals surface area contributed by atoms with Crippen LogP contribution in [0.25, 0.3) is 0 Å². The molecule has 1 rings (SSSR count). The lowest BCUT2D eigenvalue weighted by Gasteiger charge is -2.06. The van der Waals surface area contributed by atoms with Crippen LogP contribution in [0, 0.1) is 0 Å². The maximum atomic E-state index is 9.29. The van der Waals surface area contributed by atoms with Gasteiger partial charge in [0.05, 0.1) is 0 Å². The second-order valence-electron chi connectivity index (χ2n) is 9.18. The third-order valence-corrected chi connectivity index (χ3v) is 6.21. The van der Waals surface area contributed by atoms with Crippen molar-refractivity contribution < 1.29 is 5.11 Å². The Labute approximate surface area is 188 Å². The summed E-state index contributed by atoms with van der Waals surface area (Å²) in [5.74, 6) is 0.357. The van der Waals surface area contributed by atoms with Gasteiger partial charge in [-0.25, -0.2) is 0 Å². The Morgan fingerprint density at radius 1 is 0.533 bits per heavy atom. The molecule has 2 heteroatoms. The molecule has 0 saturated carbocycles. The Hall–Kier alpha value is -1.02. The lowest BCUT2D eigenvalue weighted by atomic mass is 10.0. The van der Waals surface area contributed by atoms with Crippen molar-refractivity contribution >= 4 is 0 Å². The topological polar surface area (TPSA) is 32.3 Å². The van der Waals surface area contributed by atoms with Gasteiger partial charge in [-0.2, -0.15) is 0 Å². The molecule has 30 heavy (non-hydrogen) atoms. The van der Waals surface area contributed by atoms with Crippen LogP contribution < -0.4 is 5.32 Å². The van der Waals surface area contributed by atoms with Gasteiger partial charge in [0, 0.05) is 0 Å². The van der Waals surface area contributed by atoms with Crippen LogP contribution in [-0.4, -0.2) is 18.2 Å². The van der Waals surface area contributed by atoms with Crippen LogP contribution in [0.1, 0.15) is 128 Å². The number of phenolic OH excluding ortho intramolecular Hbond substituents is 1. The average molecular weight is 418 g/mol. The number of benzene rings is 1. The molecule has 174 valence electrons. The van der Waals surface area contributed by atoms with Crippen molar-refractivity contribution in [1.82, 2.24) is 5.32 Å². The SMILES string of the molecule is CCCCCCCCCCCCCCCCCCCNCCCc1ccc(O)cc1. The molecule has 1 aromatic rings. The van der Waals surface area contributed by atoms with Gasteiger partial charge in [0.25, 0.3) is 0 Å². The lowest BCUT2D eigenvalue weighted by Crippen LogP contribution is -2.17. The molecule has 2 nitrogen and oxygen atoms in total. The standard InChI is InChI=1S/C28H51NO/c1-2-3-4-5-6-7-8-9-10-11-12-13-14-15-16-17-18-25-29-26-19-20-27-21-23-28(30)24-22-27/h21-24,29-30H,2-20,25-26H2,1H3. The summed E-state index contributed by atoms with van der Waals surface area (Å²) in [5.41, 5.74) is 1.31. The maximum Gasteiger partial charge on any atom is 0.115 e. The number of aryl methyl sites for hydroxylation is 1. The van der Waals surface area contributed by atoms with E-state index in [0.717, 1.165) is 19.5 Å². The zero-order valence-corrected chi connectivity index (χ0v) is 20.1. The average Bonchev–Trinajstić information content (AvgIpc) is 2.76. The second-order valence-corrected chi connectivity index (χ2v) is 9.18.